The van der Waals surface area contributed by atoms with E-state index < -0.39 is 10.0 Å². The Morgan fingerprint density at radius 3 is 2.50 bits per heavy atom. The van der Waals surface area contributed by atoms with Gasteiger partial charge in [0.2, 0.25) is 10.0 Å². The maximum atomic E-state index is 11.3. The third-order valence-electron chi connectivity index (χ3n) is 3.99. The second kappa shape index (κ2) is 12.4. The zero-order valence-corrected chi connectivity index (χ0v) is 20.2. The molecule has 0 amide bonds. The average molecular weight is 537 g/mol. The molecule has 0 saturated heterocycles. The Hall–Kier alpha value is -1.17. The first kappa shape index (κ1) is 24.9. The molecule has 0 aliphatic heterocycles. The SMILES string of the molecule is CCNC(=NCC(C)Cc1cccs1)NCCc1ccc(S(N)(=O)=O)cc1.I. The van der Waals surface area contributed by atoms with Gasteiger partial charge in [-0.1, -0.05) is 25.1 Å². The summed E-state index contributed by atoms with van der Waals surface area (Å²) in [5.74, 6) is 1.28. The fraction of sp³-hybridized carbons (Fsp3) is 0.421. The highest BCUT2D eigenvalue weighted by Gasteiger charge is 2.07. The zero-order valence-electron chi connectivity index (χ0n) is 16.2. The van der Waals surface area contributed by atoms with Crippen molar-refractivity contribution in [1.82, 2.24) is 10.6 Å². The number of thiophene rings is 1. The molecule has 0 radical (unpaired) electrons. The highest BCUT2D eigenvalue weighted by molar-refractivity contribution is 14.0. The molecule has 1 atom stereocenters. The molecule has 0 aliphatic rings. The lowest BCUT2D eigenvalue weighted by molar-refractivity contribution is 0.595. The molecule has 2 rings (SSSR count). The van der Waals surface area contributed by atoms with Crippen molar-refractivity contribution in [2.24, 2.45) is 16.0 Å². The number of aliphatic imine (C=N–C) groups is 1. The predicted octanol–water partition coefficient (Wildman–Crippen LogP) is 2.99. The number of halogens is 1. The smallest absolute Gasteiger partial charge is 0.238 e. The summed E-state index contributed by atoms with van der Waals surface area (Å²) >= 11 is 1.78. The number of nitrogens with zero attached hydrogens (tertiary/aromatic N) is 1. The van der Waals surface area contributed by atoms with Crippen LogP contribution in [0.2, 0.25) is 0 Å². The van der Waals surface area contributed by atoms with E-state index in [0.29, 0.717) is 12.5 Å². The Labute approximate surface area is 189 Å². The largest absolute Gasteiger partial charge is 0.357 e. The molecule has 156 valence electrons. The lowest BCUT2D eigenvalue weighted by atomic mass is 10.1. The second-order valence-electron chi connectivity index (χ2n) is 6.47. The van der Waals surface area contributed by atoms with Crippen LogP contribution in [0.4, 0.5) is 0 Å². The van der Waals surface area contributed by atoms with E-state index in [9.17, 15) is 8.42 Å². The van der Waals surface area contributed by atoms with E-state index in [2.05, 4.69) is 40.1 Å². The fourth-order valence-corrected chi connectivity index (χ4v) is 3.98. The quantitative estimate of drug-likeness (QED) is 0.261. The van der Waals surface area contributed by atoms with Crippen molar-refractivity contribution in [2.75, 3.05) is 19.6 Å². The van der Waals surface area contributed by atoms with Gasteiger partial charge in [0, 0.05) is 24.5 Å². The molecule has 1 aromatic heterocycles. The van der Waals surface area contributed by atoms with Crippen LogP contribution >= 0.6 is 35.3 Å². The Balaban J connectivity index is 0.00000392. The summed E-state index contributed by atoms with van der Waals surface area (Å²) < 4.78 is 22.6. The van der Waals surface area contributed by atoms with Gasteiger partial charge in [-0.2, -0.15) is 0 Å². The molecule has 0 fully saturated rings. The summed E-state index contributed by atoms with van der Waals surface area (Å²) in [6.45, 7) is 6.52. The molecule has 0 aliphatic carbocycles. The number of guanidine groups is 1. The molecular weight excluding hydrogens is 507 g/mol. The predicted molar refractivity (Wildman–Crippen MR) is 128 cm³/mol. The molecule has 6 nitrogen and oxygen atoms in total. The standard InChI is InChI=1S/C19H28N4O2S2.HI/c1-3-21-19(23-14-15(2)13-17-5-4-12-26-17)22-11-10-16-6-8-18(9-7-16)27(20,24)25;/h4-9,12,15H,3,10-11,13-14H2,1-2H3,(H2,20,24,25)(H2,21,22,23);1H. The molecular formula is C19H29IN4O2S2. The minimum absolute atomic E-state index is 0. The number of nitrogens with two attached hydrogens (primary N) is 1. The normalized spacial score (nSPS) is 12.9. The van der Waals surface area contributed by atoms with E-state index in [0.717, 1.165) is 37.5 Å². The van der Waals surface area contributed by atoms with Crippen LogP contribution in [0.1, 0.15) is 24.3 Å². The van der Waals surface area contributed by atoms with Crippen molar-refractivity contribution in [3.8, 4) is 0 Å². The highest BCUT2D eigenvalue weighted by atomic mass is 127. The Morgan fingerprint density at radius 2 is 1.93 bits per heavy atom. The molecule has 2 aromatic rings. The van der Waals surface area contributed by atoms with Crippen molar-refractivity contribution in [2.45, 2.75) is 31.6 Å². The van der Waals surface area contributed by atoms with Crippen LogP contribution in [0.3, 0.4) is 0 Å². The summed E-state index contributed by atoms with van der Waals surface area (Å²) in [6, 6.07) is 10.9. The lowest BCUT2D eigenvalue weighted by Gasteiger charge is -2.13. The molecule has 4 N–H and O–H groups in total. The van der Waals surface area contributed by atoms with Crippen LogP contribution < -0.4 is 15.8 Å². The molecule has 1 aromatic carbocycles. The topological polar surface area (TPSA) is 96.6 Å². The molecule has 1 unspecified atom stereocenters. The second-order valence-corrected chi connectivity index (χ2v) is 9.07. The number of primary sulfonamides is 1. The van der Waals surface area contributed by atoms with Crippen LogP contribution in [0.25, 0.3) is 0 Å². The van der Waals surface area contributed by atoms with Crippen LogP contribution in [-0.4, -0.2) is 34.0 Å². The third kappa shape index (κ3) is 8.89. The maximum Gasteiger partial charge on any atom is 0.238 e. The molecule has 0 bridgehead atoms. The monoisotopic (exact) mass is 536 g/mol. The fourth-order valence-electron chi connectivity index (χ4n) is 2.60. The highest BCUT2D eigenvalue weighted by Crippen LogP contribution is 2.14. The summed E-state index contributed by atoms with van der Waals surface area (Å²) in [6.07, 6.45) is 1.80. The van der Waals surface area contributed by atoms with Gasteiger partial charge in [0.25, 0.3) is 0 Å². The summed E-state index contributed by atoms with van der Waals surface area (Å²) in [4.78, 5) is 6.20. The van der Waals surface area contributed by atoms with Gasteiger partial charge in [-0.25, -0.2) is 13.6 Å². The van der Waals surface area contributed by atoms with Crippen LogP contribution in [0.15, 0.2) is 51.7 Å². The summed E-state index contributed by atoms with van der Waals surface area (Å²) in [5.41, 5.74) is 1.04. The Bertz CT molecular complexity index is 822. The molecule has 1 heterocycles. The third-order valence-corrected chi connectivity index (χ3v) is 5.82. The van der Waals surface area contributed by atoms with E-state index in [4.69, 9.17) is 5.14 Å². The van der Waals surface area contributed by atoms with Crippen LogP contribution in [-0.2, 0) is 22.9 Å². The zero-order chi connectivity index (χ0) is 19.7. The van der Waals surface area contributed by atoms with Crippen molar-refractivity contribution in [1.29, 1.82) is 0 Å². The van der Waals surface area contributed by atoms with E-state index >= 15 is 0 Å². The van der Waals surface area contributed by atoms with E-state index in [1.165, 1.54) is 17.0 Å². The number of sulfonamides is 1. The number of benzene rings is 1. The van der Waals surface area contributed by atoms with E-state index in [1.807, 2.05) is 6.92 Å². The van der Waals surface area contributed by atoms with E-state index in [1.54, 1.807) is 23.5 Å². The minimum Gasteiger partial charge on any atom is -0.357 e. The molecule has 0 saturated carbocycles. The van der Waals surface area contributed by atoms with Gasteiger partial charge < -0.3 is 10.6 Å². The van der Waals surface area contributed by atoms with Gasteiger partial charge >= 0.3 is 0 Å². The van der Waals surface area contributed by atoms with Crippen molar-refractivity contribution >= 4 is 51.3 Å². The first-order chi connectivity index (χ1) is 12.9. The van der Waals surface area contributed by atoms with Crippen molar-refractivity contribution in [3.63, 3.8) is 0 Å². The number of hydrogen-bond donors (Lipinski definition) is 3. The number of hydrogen-bond acceptors (Lipinski definition) is 4. The van der Waals surface area contributed by atoms with Gasteiger partial charge in [0.15, 0.2) is 5.96 Å². The van der Waals surface area contributed by atoms with Gasteiger partial charge in [-0.15, -0.1) is 35.3 Å². The lowest BCUT2D eigenvalue weighted by Crippen LogP contribution is -2.38. The Kier molecular flexibility index (Phi) is 11.0. The average Bonchev–Trinajstić information content (AvgIpc) is 3.12. The van der Waals surface area contributed by atoms with E-state index in [-0.39, 0.29) is 28.9 Å². The van der Waals surface area contributed by atoms with Crippen molar-refractivity contribution in [3.05, 3.63) is 52.2 Å². The number of nitrogens with one attached hydrogen (secondary N) is 2. The Morgan fingerprint density at radius 1 is 1.21 bits per heavy atom. The first-order valence-electron chi connectivity index (χ1n) is 9.04. The van der Waals surface area contributed by atoms with Gasteiger partial charge in [-0.05, 0) is 54.8 Å². The summed E-state index contributed by atoms with van der Waals surface area (Å²) in [5, 5.41) is 13.8. The molecule has 9 heteroatoms. The first-order valence-corrected chi connectivity index (χ1v) is 11.5. The van der Waals surface area contributed by atoms with Crippen molar-refractivity contribution < 1.29 is 8.42 Å². The van der Waals surface area contributed by atoms with Gasteiger partial charge in [0.1, 0.15) is 0 Å². The van der Waals surface area contributed by atoms with Gasteiger partial charge in [0.05, 0.1) is 4.90 Å². The minimum atomic E-state index is -3.64. The van der Waals surface area contributed by atoms with Crippen LogP contribution in [0, 0.1) is 5.92 Å². The summed E-state index contributed by atoms with van der Waals surface area (Å²) in [7, 11) is -3.64. The maximum absolute atomic E-state index is 11.3. The van der Waals surface area contributed by atoms with Crippen LogP contribution in [0.5, 0.6) is 0 Å². The van der Waals surface area contributed by atoms with Gasteiger partial charge in [-0.3, -0.25) is 4.99 Å². The number of rotatable bonds is 9. The molecule has 0 spiro atoms. The molecule has 28 heavy (non-hydrogen) atoms.